The van der Waals surface area contributed by atoms with Crippen LogP contribution in [0.2, 0.25) is 0 Å². The third-order valence-electron chi connectivity index (χ3n) is 2.14. The summed E-state index contributed by atoms with van der Waals surface area (Å²) in [7, 11) is 0. The van der Waals surface area contributed by atoms with Gasteiger partial charge in [-0.1, -0.05) is 0 Å². The van der Waals surface area contributed by atoms with Gasteiger partial charge in [-0.05, 0) is 13.8 Å². The Hall–Kier alpha value is -0.752. The van der Waals surface area contributed by atoms with E-state index >= 15 is 0 Å². The predicted molar refractivity (Wildman–Crippen MR) is 84.5 cm³/mol. The van der Waals surface area contributed by atoms with E-state index in [9.17, 15) is 8.53 Å². The molecule has 0 bridgehead atoms. The first-order chi connectivity index (χ1) is 8.59. The molecule has 20 heavy (non-hydrogen) atoms. The fourth-order valence-corrected chi connectivity index (χ4v) is 1.70. The Morgan fingerprint density at radius 3 is 2.20 bits per heavy atom. The number of hydrogen-bond donors (Lipinski definition) is 5. The van der Waals surface area contributed by atoms with Gasteiger partial charge in [-0.2, -0.15) is 12.6 Å². The number of hydrogen-bond acceptors (Lipinski definition) is 6. The summed E-state index contributed by atoms with van der Waals surface area (Å²) >= 11 is 2.95. The molecule has 6 nitrogen and oxygen atoms in total. The molecule has 0 aliphatic rings. The number of aliphatic carboxylic acids is 1. The van der Waals surface area contributed by atoms with Crippen LogP contribution in [0.3, 0.4) is 0 Å². The van der Waals surface area contributed by atoms with E-state index in [1.165, 1.54) is 12.1 Å². The molecule has 1 aromatic carbocycles. The first-order valence-corrected chi connectivity index (χ1v) is 7.37. The van der Waals surface area contributed by atoms with Gasteiger partial charge in [0, 0.05) is 4.75 Å². The molecule has 0 fully saturated rings. The number of carboxylic acids is 1. The molecule has 6 N–H and O–H groups in total. The number of carboxylic acid groups (broad SMARTS) is 1. The molecule has 0 radical (unpaired) electrons. The van der Waals surface area contributed by atoms with Gasteiger partial charge < -0.3 is 10.8 Å². The number of aromatic hydroxyl groups is 1. The van der Waals surface area contributed by atoms with Crippen LogP contribution in [0.15, 0.2) is 18.2 Å². The van der Waals surface area contributed by atoms with Crippen molar-refractivity contribution in [1.82, 2.24) is 0 Å². The van der Waals surface area contributed by atoms with Crippen molar-refractivity contribution in [1.29, 1.82) is 0 Å². The van der Waals surface area contributed by atoms with E-state index in [1.807, 2.05) is 0 Å². The number of anilines is 1. The summed E-state index contributed by atoms with van der Waals surface area (Å²) < 4.78 is 10.4. The molecule has 9 heteroatoms. The molecule has 0 aromatic heterocycles. The van der Waals surface area contributed by atoms with E-state index in [2.05, 4.69) is 12.6 Å². The third-order valence-corrected chi connectivity index (χ3v) is 3.45. The van der Waals surface area contributed by atoms with E-state index in [1.54, 1.807) is 19.9 Å². The average Bonchev–Trinajstić information content (AvgIpc) is 2.31. The molecule has 1 rings (SSSR count). The van der Waals surface area contributed by atoms with E-state index in [-0.39, 0.29) is 23.8 Å². The topological polar surface area (TPSA) is 127 Å². The van der Waals surface area contributed by atoms with Crippen molar-refractivity contribution in [3.63, 3.8) is 0 Å². The second-order valence-electron chi connectivity index (χ2n) is 4.30. The number of nitrogen functional groups attached to an aromatic ring is 1. The van der Waals surface area contributed by atoms with Crippen molar-refractivity contribution >= 4 is 56.7 Å². The molecule has 0 aliphatic heterocycles. The number of nitrogens with two attached hydrogens (primary N) is 2. The summed E-state index contributed by atoms with van der Waals surface area (Å²) in [6.45, 7) is 3.32. The van der Waals surface area contributed by atoms with Crippen LogP contribution in [0, 0.1) is 0 Å². The Labute approximate surface area is 135 Å². The van der Waals surface area contributed by atoms with Crippen molar-refractivity contribution in [2.24, 2.45) is 5.73 Å². The second kappa shape index (κ2) is 9.23. The molecule has 0 saturated carbocycles. The molecule has 0 aliphatic carbocycles. The van der Waals surface area contributed by atoms with Gasteiger partial charge in [0.1, 0.15) is 6.04 Å². The third kappa shape index (κ3) is 7.74. The number of rotatable bonds is 3. The normalized spacial score (nSPS) is 11.8. The van der Waals surface area contributed by atoms with Crippen molar-refractivity contribution < 1.29 is 18.7 Å². The SMILES string of the molecule is CC(C)(S)[C@@H](N)C(=O)O.Cl.Nc1cc([As]=O)ccc1O. The second-order valence-corrected chi connectivity index (χ2v) is 6.92. The molecule has 0 unspecified atom stereocenters. The average molecular weight is 385 g/mol. The van der Waals surface area contributed by atoms with Gasteiger partial charge in [-0.15, -0.1) is 12.4 Å². The van der Waals surface area contributed by atoms with E-state index in [4.69, 9.17) is 21.7 Å². The van der Waals surface area contributed by atoms with Gasteiger partial charge in [0.05, 0.1) is 0 Å². The quantitative estimate of drug-likeness (QED) is 0.219. The first kappa shape index (κ1) is 21.5. The Bertz CT molecular complexity index is 468. The molecule has 1 atom stereocenters. The summed E-state index contributed by atoms with van der Waals surface area (Å²) in [5.74, 6) is -0.978. The molecule has 0 heterocycles. The van der Waals surface area contributed by atoms with Crippen LogP contribution < -0.4 is 15.8 Å². The molecule has 0 amide bonds. The van der Waals surface area contributed by atoms with Crippen molar-refractivity contribution in [2.45, 2.75) is 24.6 Å². The van der Waals surface area contributed by atoms with Gasteiger partial charge in [0.2, 0.25) is 0 Å². The van der Waals surface area contributed by atoms with Crippen LogP contribution in [0.25, 0.3) is 0 Å². The van der Waals surface area contributed by atoms with E-state index in [0.717, 1.165) is 0 Å². The summed E-state index contributed by atoms with van der Waals surface area (Å²) in [4.78, 5) is 10.2. The summed E-state index contributed by atoms with van der Waals surface area (Å²) in [5, 5.41) is 17.3. The summed E-state index contributed by atoms with van der Waals surface area (Å²) in [5.41, 5.74) is 10.8. The summed E-state index contributed by atoms with van der Waals surface area (Å²) in [6.07, 6.45) is 0. The first-order valence-electron chi connectivity index (χ1n) is 5.22. The number of halogens is 1. The maximum absolute atomic E-state index is 10.4. The molecule has 0 spiro atoms. The van der Waals surface area contributed by atoms with Crippen LogP contribution in [-0.4, -0.2) is 42.7 Å². The van der Waals surface area contributed by atoms with Crippen LogP contribution in [-0.2, 0) is 8.53 Å². The van der Waals surface area contributed by atoms with Crippen LogP contribution in [0.1, 0.15) is 13.8 Å². The zero-order chi connectivity index (χ0) is 15.2. The van der Waals surface area contributed by atoms with Gasteiger partial charge in [0.15, 0.2) is 0 Å². The van der Waals surface area contributed by atoms with E-state index < -0.39 is 32.4 Å². The fourth-order valence-electron chi connectivity index (χ4n) is 0.901. The van der Waals surface area contributed by atoms with Crippen molar-refractivity contribution in [3.8, 4) is 5.75 Å². The minimum atomic E-state index is -1.03. The van der Waals surface area contributed by atoms with Crippen LogP contribution >= 0.6 is 25.0 Å². The molecule has 114 valence electrons. The Morgan fingerprint density at radius 2 is 1.95 bits per heavy atom. The van der Waals surface area contributed by atoms with Gasteiger partial charge in [-0.3, -0.25) is 4.79 Å². The Morgan fingerprint density at radius 1 is 1.45 bits per heavy atom. The maximum atomic E-state index is 10.4. The fraction of sp³-hybridized carbons (Fsp3) is 0.364. The van der Waals surface area contributed by atoms with Gasteiger partial charge in [-0.25, -0.2) is 0 Å². The summed E-state index contributed by atoms with van der Waals surface area (Å²) in [6, 6.07) is 3.65. The zero-order valence-electron chi connectivity index (χ0n) is 11.0. The molecule has 1 aromatic rings. The Balaban J connectivity index is 0. The number of benzene rings is 1. The van der Waals surface area contributed by atoms with Gasteiger partial charge >= 0.3 is 70.2 Å². The van der Waals surface area contributed by atoms with Crippen molar-refractivity contribution in [3.05, 3.63) is 18.2 Å². The minimum absolute atomic E-state index is 0. The predicted octanol–water partition coefficient (Wildman–Crippen LogP) is 0.178. The van der Waals surface area contributed by atoms with Crippen LogP contribution in [0.4, 0.5) is 5.69 Å². The number of phenols is 1. The Kier molecular flexibility index (Phi) is 9.95. The zero-order valence-corrected chi connectivity index (χ0v) is 14.6. The van der Waals surface area contributed by atoms with Gasteiger partial charge in [0.25, 0.3) is 0 Å². The molecule has 0 saturated heterocycles. The molecular formula is C11H18AsClN2O4S. The number of thiol groups is 1. The standard InChI is InChI=1S/C6H6AsNO2.C5H11NO2S.ClH/c8-5-3-4(7-10)1-2-6(5)9;1-5(2,9)3(6)4(7)8;/h1-3,9H,8H2;3,9H,6H2,1-2H3,(H,7,8);1H/t;3-;/m.0./s1. The monoisotopic (exact) mass is 384 g/mol. The van der Waals surface area contributed by atoms with Crippen LogP contribution in [0.5, 0.6) is 5.75 Å². The number of carbonyl (C=O) groups is 1. The van der Waals surface area contributed by atoms with Crippen molar-refractivity contribution in [2.75, 3.05) is 5.73 Å². The van der Waals surface area contributed by atoms with E-state index in [0.29, 0.717) is 4.35 Å². The molecular weight excluding hydrogens is 367 g/mol. The number of phenolic OH excluding ortho intramolecular Hbond substituents is 1.